The summed E-state index contributed by atoms with van der Waals surface area (Å²) >= 11 is 3.40. The topological polar surface area (TPSA) is 29.1 Å². The highest BCUT2D eigenvalue weighted by molar-refractivity contribution is 9.10. The first-order chi connectivity index (χ1) is 8.16. The number of hydrogen-bond donors (Lipinski definition) is 1. The average molecular weight is 296 g/mol. The zero-order valence-electron chi connectivity index (χ0n) is 10.1. The van der Waals surface area contributed by atoms with E-state index in [1.54, 1.807) is 0 Å². The maximum Gasteiger partial charge on any atom is 0.251 e. The zero-order chi connectivity index (χ0) is 12.3. The van der Waals surface area contributed by atoms with Crippen LogP contribution in [0.3, 0.4) is 0 Å². The van der Waals surface area contributed by atoms with Crippen LogP contribution in [0.4, 0.5) is 0 Å². The third kappa shape index (κ3) is 3.32. The summed E-state index contributed by atoms with van der Waals surface area (Å²) in [5, 5.41) is 3.05. The molecule has 1 saturated carbocycles. The number of halogens is 1. The molecule has 1 aromatic carbocycles. The molecule has 0 spiro atoms. The Morgan fingerprint density at radius 3 is 2.82 bits per heavy atom. The van der Waals surface area contributed by atoms with Gasteiger partial charge in [-0.1, -0.05) is 34.8 Å². The number of benzene rings is 1. The van der Waals surface area contributed by atoms with Crippen LogP contribution in [0, 0.1) is 12.8 Å². The van der Waals surface area contributed by atoms with Crippen molar-refractivity contribution in [2.75, 3.05) is 6.54 Å². The van der Waals surface area contributed by atoms with Gasteiger partial charge in [-0.15, -0.1) is 0 Å². The Bertz CT molecular complexity index is 411. The van der Waals surface area contributed by atoms with Crippen molar-refractivity contribution in [1.82, 2.24) is 5.32 Å². The molecular formula is C14H18BrNO. The lowest BCUT2D eigenvalue weighted by atomic mass is 10.1. The van der Waals surface area contributed by atoms with E-state index in [1.807, 2.05) is 25.1 Å². The Labute approximate surface area is 111 Å². The largest absolute Gasteiger partial charge is 0.352 e. The molecule has 0 aliphatic heterocycles. The molecule has 1 fully saturated rings. The van der Waals surface area contributed by atoms with E-state index >= 15 is 0 Å². The van der Waals surface area contributed by atoms with Crippen LogP contribution in [0.1, 0.15) is 41.6 Å². The van der Waals surface area contributed by atoms with E-state index in [0.717, 1.165) is 22.1 Å². The van der Waals surface area contributed by atoms with E-state index in [2.05, 4.69) is 21.2 Å². The van der Waals surface area contributed by atoms with Crippen LogP contribution in [0.5, 0.6) is 0 Å². The van der Waals surface area contributed by atoms with Crippen molar-refractivity contribution >= 4 is 21.8 Å². The van der Waals surface area contributed by atoms with Crippen molar-refractivity contribution < 1.29 is 4.79 Å². The summed E-state index contributed by atoms with van der Waals surface area (Å²) in [5.74, 6) is 0.738. The molecule has 1 N–H and O–H groups in total. The smallest absolute Gasteiger partial charge is 0.251 e. The summed E-state index contributed by atoms with van der Waals surface area (Å²) in [6, 6.07) is 5.82. The van der Waals surface area contributed by atoms with Gasteiger partial charge in [-0.2, -0.15) is 0 Å². The summed E-state index contributed by atoms with van der Waals surface area (Å²) in [6.07, 6.45) is 5.16. The average Bonchev–Trinajstić information content (AvgIpc) is 2.82. The van der Waals surface area contributed by atoms with Gasteiger partial charge >= 0.3 is 0 Å². The Morgan fingerprint density at radius 2 is 2.12 bits per heavy atom. The fourth-order valence-electron chi connectivity index (χ4n) is 2.39. The summed E-state index contributed by atoms with van der Waals surface area (Å²) in [7, 11) is 0. The second-order valence-corrected chi connectivity index (χ2v) is 5.74. The Morgan fingerprint density at radius 1 is 1.41 bits per heavy atom. The highest BCUT2D eigenvalue weighted by Crippen LogP contribution is 2.24. The standard InChI is InChI=1S/C14H18BrNO/c1-10-6-7-12(15)8-13(10)14(17)16-9-11-4-2-3-5-11/h6-8,11H,2-5,9H2,1H3,(H,16,17). The van der Waals surface area contributed by atoms with Crippen LogP contribution >= 0.6 is 15.9 Å². The maximum absolute atomic E-state index is 12.0. The molecular weight excluding hydrogens is 278 g/mol. The van der Waals surface area contributed by atoms with Gasteiger partial charge in [0.1, 0.15) is 0 Å². The van der Waals surface area contributed by atoms with Gasteiger partial charge in [0.05, 0.1) is 0 Å². The van der Waals surface area contributed by atoms with Crippen LogP contribution < -0.4 is 5.32 Å². The molecule has 0 bridgehead atoms. The number of carbonyl (C=O) groups is 1. The molecule has 0 atom stereocenters. The lowest BCUT2D eigenvalue weighted by molar-refractivity contribution is 0.0946. The first-order valence-electron chi connectivity index (χ1n) is 6.21. The summed E-state index contributed by atoms with van der Waals surface area (Å²) < 4.78 is 0.953. The number of nitrogens with one attached hydrogen (secondary N) is 1. The molecule has 0 saturated heterocycles. The molecule has 17 heavy (non-hydrogen) atoms. The Balaban J connectivity index is 1.96. The monoisotopic (exact) mass is 295 g/mol. The van der Waals surface area contributed by atoms with Crippen molar-refractivity contribution in [3.8, 4) is 0 Å². The van der Waals surface area contributed by atoms with Crippen molar-refractivity contribution in [3.63, 3.8) is 0 Å². The van der Waals surface area contributed by atoms with E-state index in [1.165, 1.54) is 25.7 Å². The molecule has 1 aromatic rings. The minimum Gasteiger partial charge on any atom is -0.352 e. The van der Waals surface area contributed by atoms with Crippen molar-refractivity contribution in [1.29, 1.82) is 0 Å². The highest BCUT2D eigenvalue weighted by atomic mass is 79.9. The number of rotatable bonds is 3. The first kappa shape index (κ1) is 12.6. The molecule has 1 aliphatic rings. The second-order valence-electron chi connectivity index (χ2n) is 4.82. The second kappa shape index (κ2) is 5.67. The van der Waals surface area contributed by atoms with Gasteiger partial charge in [0.2, 0.25) is 0 Å². The molecule has 0 unspecified atom stereocenters. The van der Waals surface area contributed by atoms with Crippen LogP contribution in [0.15, 0.2) is 22.7 Å². The number of carbonyl (C=O) groups excluding carboxylic acids is 1. The van der Waals surface area contributed by atoms with Gasteiger partial charge in [-0.3, -0.25) is 4.79 Å². The molecule has 3 heteroatoms. The molecule has 0 aromatic heterocycles. The number of amides is 1. The predicted octanol–water partition coefficient (Wildman–Crippen LogP) is 3.68. The SMILES string of the molecule is Cc1ccc(Br)cc1C(=O)NCC1CCCC1. The first-order valence-corrected chi connectivity index (χ1v) is 7.00. The Kier molecular flexibility index (Phi) is 4.21. The molecule has 1 aliphatic carbocycles. The van der Waals surface area contributed by atoms with E-state index in [-0.39, 0.29) is 5.91 Å². The van der Waals surface area contributed by atoms with Gasteiger partial charge in [-0.25, -0.2) is 0 Å². The number of hydrogen-bond acceptors (Lipinski definition) is 1. The normalized spacial score (nSPS) is 16.1. The van der Waals surface area contributed by atoms with E-state index in [4.69, 9.17) is 0 Å². The van der Waals surface area contributed by atoms with Crippen molar-refractivity contribution in [3.05, 3.63) is 33.8 Å². The maximum atomic E-state index is 12.0. The minimum absolute atomic E-state index is 0.0516. The third-order valence-corrected chi connectivity index (χ3v) is 3.96. The lowest BCUT2D eigenvalue weighted by Crippen LogP contribution is -2.28. The van der Waals surface area contributed by atoms with Crippen molar-refractivity contribution in [2.24, 2.45) is 5.92 Å². The third-order valence-electron chi connectivity index (χ3n) is 3.47. The van der Waals surface area contributed by atoms with Gasteiger partial charge in [0.25, 0.3) is 5.91 Å². The zero-order valence-corrected chi connectivity index (χ0v) is 11.7. The van der Waals surface area contributed by atoms with E-state index < -0.39 is 0 Å². The van der Waals surface area contributed by atoms with Crippen LogP contribution in [-0.2, 0) is 0 Å². The van der Waals surface area contributed by atoms with E-state index in [0.29, 0.717) is 5.92 Å². The fraction of sp³-hybridized carbons (Fsp3) is 0.500. The molecule has 2 nitrogen and oxygen atoms in total. The van der Waals surface area contributed by atoms with E-state index in [9.17, 15) is 4.79 Å². The van der Waals surface area contributed by atoms with Gasteiger partial charge in [0.15, 0.2) is 0 Å². The summed E-state index contributed by atoms with van der Waals surface area (Å²) in [4.78, 5) is 12.0. The fourth-order valence-corrected chi connectivity index (χ4v) is 2.75. The van der Waals surface area contributed by atoms with Crippen LogP contribution in [0.2, 0.25) is 0 Å². The van der Waals surface area contributed by atoms with Gasteiger partial charge in [-0.05, 0) is 43.4 Å². The Hall–Kier alpha value is -0.830. The predicted molar refractivity (Wildman–Crippen MR) is 73.2 cm³/mol. The van der Waals surface area contributed by atoms with Crippen LogP contribution in [0.25, 0.3) is 0 Å². The minimum atomic E-state index is 0.0516. The van der Waals surface area contributed by atoms with Gasteiger partial charge < -0.3 is 5.32 Å². The quantitative estimate of drug-likeness (QED) is 0.906. The lowest BCUT2D eigenvalue weighted by Gasteiger charge is -2.12. The molecule has 2 rings (SSSR count). The van der Waals surface area contributed by atoms with Crippen molar-refractivity contribution in [2.45, 2.75) is 32.6 Å². The molecule has 0 heterocycles. The summed E-state index contributed by atoms with van der Waals surface area (Å²) in [6.45, 7) is 2.79. The molecule has 1 amide bonds. The highest BCUT2D eigenvalue weighted by Gasteiger charge is 2.16. The molecule has 92 valence electrons. The molecule has 0 radical (unpaired) electrons. The number of aryl methyl sites for hydroxylation is 1. The van der Waals surface area contributed by atoms with Crippen LogP contribution in [-0.4, -0.2) is 12.5 Å². The van der Waals surface area contributed by atoms with Gasteiger partial charge in [0, 0.05) is 16.6 Å². The summed E-state index contributed by atoms with van der Waals surface area (Å²) in [5.41, 5.74) is 1.80.